The van der Waals surface area contributed by atoms with E-state index < -0.39 is 18.4 Å². The maximum atomic E-state index is 12.5. The van der Waals surface area contributed by atoms with Gasteiger partial charge >= 0.3 is 12.3 Å². The summed E-state index contributed by atoms with van der Waals surface area (Å²) in [5.41, 5.74) is 2.90. The number of halogens is 4. The molecule has 0 saturated carbocycles. The predicted octanol–water partition coefficient (Wildman–Crippen LogP) is 7.28. The van der Waals surface area contributed by atoms with E-state index in [4.69, 9.17) is 21.4 Å². The number of carboxylic acid groups (broad SMARTS) is 1. The van der Waals surface area contributed by atoms with Gasteiger partial charge in [-0.05, 0) is 59.5 Å². The highest BCUT2D eigenvalue weighted by molar-refractivity contribution is 6.30. The van der Waals surface area contributed by atoms with E-state index in [1.165, 1.54) is 24.3 Å². The fraction of sp³-hybridized carbons (Fsp3) is 0.310. The molecule has 0 heterocycles. The molecule has 0 aromatic heterocycles. The largest absolute Gasteiger partial charge is 0.573 e. The third-order valence-electron chi connectivity index (χ3n) is 5.98. The average Bonchev–Trinajstić information content (AvgIpc) is 2.89. The number of hydrogen-bond acceptors (Lipinski definition) is 4. The van der Waals surface area contributed by atoms with Crippen molar-refractivity contribution >= 4 is 23.5 Å². The number of carbonyl (C=O) groups excluding carboxylic acids is 1. The minimum absolute atomic E-state index is 0.0319. The van der Waals surface area contributed by atoms with E-state index in [9.17, 15) is 22.8 Å². The topological polar surface area (TPSA) is 84.9 Å². The predicted molar refractivity (Wildman–Crippen MR) is 141 cm³/mol. The summed E-state index contributed by atoms with van der Waals surface area (Å²) in [7, 11) is 0. The van der Waals surface area contributed by atoms with Crippen molar-refractivity contribution < 1.29 is 37.3 Å². The van der Waals surface area contributed by atoms with Crippen LogP contribution in [0.3, 0.4) is 0 Å². The lowest BCUT2D eigenvalue weighted by molar-refractivity contribution is -0.274. The van der Waals surface area contributed by atoms with Crippen molar-refractivity contribution in [1.82, 2.24) is 5.32 Å². The van der Waals surface area contributed by atoms with Gasteiger partial charge in [0.15, 0.2) is 0 Å². The van der Waals surface area contributed by atoms with E-state index in [0.717, 1.165) is 24.0 Å². The van der Waals surface area contributed by atoms with Gasteiger partial charge in [-0.15, -0.1) is 13.2 Å². The van der Waals surface area contributed by atoms with Gasteiger partial charge in [0.2, 0.25) is 0 Å². The summed E-state index contributed by atoms with van der Waals surface area (Å²) in [5, 5.41) is 11.9. The second-order valence-corrected chi connectivity index (χ2v) is 9.33. The quantitative estimate of drug-likeness (QED) is 0.228. The van der Waals surface area contributed by atoms with Crippen LogP contribution in [-0.2, 0) is 16.1 Å². The van der Waals surface area contributed by atoms with Gasteiger partial charge in [0.1, 0.15) is 5.75 Å². The van der Waals surface area contributed by atoms with Crippen molar-refractivity contribution in [2.24, 2.45) is 0 Å². The molecule has 0 aliphatic carbocycles. The first-order chi connectivity index (χ1) is 18.6. The zero-order chi connectivity index (χ0) is 28.4. The van der Waals surface area contributed by atoms with E-state index in [-0.39, 0.29) is 37.1 Å². The van der Waals surface area contributed by atoms with E-state index >= 15 is 0 Å². The van der Waals surface area contributed by atoms with Crippen molar-refractivity contribution in [2.45, 2.75) is 51.2 Å². The van der Waals surface area contributed by atoms with Crippen LogP contribution in [0.4, 0.5) is 13.2 Å². The number of carboxylic acids is 1. The van der Waals surface area contributed by atoms with Crippen LogP contribution in [-0.4, -0.2) is 29.9 Å². The monoisotopic (exact) mass is 563 g/mol. The molecule has 0 bridgehead atoms. The van der Waals surface area contributed by atoms with Gasteiger partial charge in [-0.2, -0.15) is 0 Å². The molecule has 0 aliphatic rings. The minimum atomic E-state index is -4.76. The summed E-state index contributed by atoms with van der Waals surface area (Å²) >= 11 is 6.11. The summed E-state index contributed by atoms with van der Waals surface area (Å²) in [6.45, 7) is 2.23. The molecule has 1 amide bonds. The Hall–Kier alpha value is -3.56. The molecule has 3 rings (SSSR count). The van der Waals surface area contributed by atoms with Gasteiger partial charge in [0, 0.05) is 23.0 Å². The summed E-state index contributed by atoms with van der Waals surface area (Å²) in [4.78, 5) is 23.1. The van der Waals surface area contributed by atoms with E-state index in [2.05, 4.69) is 17.0 Å². The zero-order valence-corrected chi connectivity index (χ0v) is 22.0. The summed E-state index contributed by atoms with van der Waals surface area (Å²) in [6, 6.07) is 19.9. The molecule has 39 heavy (non-hydrogen) atoms. The molecule has 3 aromatic rings. The number of nitrogens with one attached hydrogen (secondary N) is 1. The molecule has 0 spiro atoms. The summed E-state index contributed by atoms with van der Waals surface area (Å²) in [5.74, 6) is -1.77. The van der Waals surface area contributed by atoms with E-state index in [1.807, 2.05) is 24.3 Å². The van der Waals surface area contributed by atoms with Crippen LogP contribution in [0.15, 0.2) is 72.8 Å². The molecule has 3 aromatic carbocycles. The van der Waals surface area contributed by atoms with E-state index in [0.29, 0.717) is 16.1 Å². The Labute approximate surface area is 229 Å². The SMILES string of the molecule is CCC[C@H](c1ccc(C(=O)NCCC(=O)O)cc1)[C@@H](OCc1ccc(OC(F)(F)F)cc1)c1ccc(Cl)cc1. The normalized spacial score (nSPS) is 12.9. The van der Waals surface area contributed by atoms with Crippen LogP contribution in [0.2, 0.25) is 5.02 Å². The minimum Gasteiger partial charge on any atom is -0.481 e. The maximum Gasteiger partial charge on any atom is 0.573 e. The molecule has 0 fully saturated rings. The van der Waals surface area contributed by atoms with Crippen LogP contribution in [0.25, 0.3) is 0 Å². The lowest BCUT2D eigenvalue weighted by atomic mass is 9.85. The van der Waals surface area contributed by atoms with Gasteiger partial charge in [0.05, 0.1) is 19.1 Å². The highest BCUT2D eigenvalue weighted by Gasteiger charge is 2.31. The second kappa shape index (κ2) is 14.0. The molecule has 0 aliphatic heterocycles. The fourth-order valence-corrected chi connectivity index (χ4v) is 4.27. The molecule has 10 heteroatoms. The fourth-order valence-electron chi connectivity index (χ4n) is 4.14. The molecule has 0 radical (unpaired) electrons. The molecule has 6 nitrogen and oxygen atoms in total. The Balaban J connectivity index is 1.81. The lowest BCUT2D eigenvalue weighted by Gasteiger charge is -2.28. The Kier molecular flexibility index (Phi) is 10.8. The van der Waals surface area contributed by atoms with Crippen LogP contribution < -0.4 is 10.1 Å². The number of amides is 1. The third-order valence-corrected chi connectivity index (χ3v) is 6.23. The first-order valence-corrected chi connectivity index (χ1v) is 12.7. The first-order valence-electron chi connectivity index (χ1n) is 12.4. The second-order valence-electron chi connectivity index (χ2n) is 8.89. The zero-order valence-electron chi connectivity index (χ0n) is 21.2. The molecule has 0 unspecified atom stereocenters. The first kappa shape index (κ1) is 30.0. The molecule has 2 atom stereocenters. The standard InChI is InChI=1S/C29H29ClF3NO5/c1-2-3-25(20-6-8-22(9-7-20)28(37)34-17-16-26(35)36)27(21-10-12-23(30)13-11-21)38-18-19-4-14-24(15-5-19)39-29(31,32)33/h4-15,25,27H,2-3,16-18H2,1H3,(H,34,37)(H,35,36)/t25-,27+/m1/s1. The lowest BCUT2D eigenvalue weighted by Crippen LogP contribution is -2.26. The summed E-state index contributed by atoms with van der Waals surface area (Å²) < 4.78 is 47.8. The van der Waals surface area contributed by atoms with Crippen molar-refractivity contribution in [3.8, 4) is 5.75 Å². The molecule has 0 saturated heterocycles. The van der Waals surface area contributed by atoms with Crippen molar-refractivity contribution in [3.63, 3.8) is 0 Å². The Bertz CT molecular complexity index is 1220. The third kappa shape index (κ3) is 9.60. The smallest absolute Gasteiger partial charge is 0.481 e. The Morgan fingerprint density at radius 1 is 0.949 bits per heavy atom. The number of alkyl halides is 3. The summed E-state index contributed by atoms with van der Waals surface area (Å²) in [6.07, 6.45) is -3.74. The van der Waals surface area contributed by atoms with Crippen LogP contribution in [0.5, 0.6) is 5.75 Å². The van der Waals surface area contributed by atoms with Crippen molar-refractivity contribution in [2.75, 3.05) is 6.54 Å². The van der Waals surface area contributed by atoms with Gasteiger partial charge in [-0.3, -0.25) is 9.59 Å². The van der Waals surface area contributed by atoms with Crippen LogP contribution >= 0.6 is 11.6 Å². The number of rotatable bonds is 13. The molecular formula is C29H29ClF3NO5. The maximum absolute atomic E-state index is 12.5. The van der Waals surface area contributed by atoms with Gasteiger partial charge in [-0.25, -0.2) is 0 Å². The van der Waals surface area contributed by atoms with Crippen LogP contribution in [0.1, 0.15) is 65.3 Å². The molecule has 208 valence electrons. The highest BCUT2D eigenvalue weighted by atomic mass is 35.5. The number of hydrogen-bond donors (Lipinski definition) is 2. The number of ether oxygens (including phenoxy) is 2. The van der Waals surface area contributed by atoms with Crippen LogP contribution in [0, 0.1) is 0 Å². The van der Waals surface area contributed by atoms with Crippen molar-refractivity contribution in [1.29, 1.82) is 0 Å². The molecular weight excluding hydrogens is 535 g/mol. The Morgan fingerprint density at radius 2 is 1.56 bits per heavy atom. The number of benzene rings is 3. The number of aliphatic carboxylic acids is 1. The Morgan fingerprint density at radius 3 is 2.13 bits per heavy atom. The van der Waals surface area contributed by atoms with Crippen molar-refractivity contribution in [3.05, 3.63) is 100 Å². The molecule has 2 N–H and O–H groups in total. The van der Waals surface area contributed by atoms with Gasteiger partial charge < -0.3 is 19.9 Å². The number of carbonyl (C=O) groups is 2. The van der Waals surface area contributed by atoms with Gasteiger partial charge in [0.25, 0.3) is 5.91 Å². The van der Waals surface area contributed by atoms with Gasteiger partial charge in [-0.1, -0.05) is 61.3 Å². The highest BCUT2D eigenvalue weighted by Crippen LogP contribution is 2.39. The van der Waals surface area contributed by atoms with E-state index in [1.54, 1.807) is 24.3 Å². The average molecular weight is 564 g/mol.